The topological polar surface area (TPSA) is 29.9 Å². The number of nitrogens with one attached hydrogen (secondary N) is 1. The third-order valence-corrected chi connectivity index (χ3v) is 4.68. The number of benzene rings is 1. The van der Waals surface area contributed by atoms with Crippen LogP contribution in [0.3, 0.4) is 0 Å². The van der Waals surface area contributed by atoms with Gasteiger partial charge in [-0.3, -0.25) is 4.68 Å². The van der Waals surface area contributed by atoms with Gasteiger partial charge in [-0.25, -0.2) is 0 Å². The zero-order valence-corrected chi connectivity index (χ0v) is 14.0. The molecule has 1 unspecified atom stereocenters. The minimum atomic E-state index is 0.543. The largest absolute Gasteiger partial charge is 0.313 e. The standard InChI is InChI=1S/C17H25N3S/c1-4-18-16(8-7-15-11-19-20(3)12-15)13-21-17-9-5-14(2)6-10-17/h5-6,9-12,16,18H,4,7-8,13H2,1-3H3. The van der Waals surface area contributed by atoms with Gasteiger partial charge in [0.1, 0.15) is 0 Å². The van der Waals surface area contributed by atoms with Crippen LogP contribution in [0.15, 0.2) is 41.6 Å². The second-order valence-electron chi connectivity index (χ2n) is 5.44. The molecule has 2 aromatic rings. The van der Waals surface area contributed by atoms with Crippen molar-refractivity contribution < 1.29 is 0 Å². The SMILES string of the molecule is CCNC(CCc1cnn(C)c1)CSc1ccc(C)cc1. The fourth-order valence-electron chi connectivity index (χ4n) is 2.31. The summed E-state index contributed by atoms with van der Waals surface area (Å²) in [6.07, 6.45) is 6.31. The second-order valence-corrected chi connectivity index (χ2v) is 6.53. The van der Waals surface area contributed by atoms with Gasteiger partial charge < -0.3 is 5.32 Å². The Labute approximate surface area is 132 Å². The van der Waals surface area contributed by atoms with Crippen LogP contribution < -0.4 is 5.32 Å². The maximum Gasteiger partial charge on any atom is 0.0521 e. The van der Waals surface area contributed by atoms with Crippen LogP contribution >= 0.6 is 11.8 Å². The second kappa shape index (κ2) is 8.25. The van der Waals surface area contributed by atoms with E-state index in [9.17, 15) is 0 Å². The van der Waals surface area contributed by atoms with Crippen LogP contribution in [0.1, 0.15) is 24.5 Å². The molecule has 21 heavy (non-hydrogen) atoms. The van der Waals surface area contributed by atoms with Crippen LogP contribution in [-0.2, 0) is 13.5 Å². The van der Waals surface area contributed by atoms with Gasteiger partial charge >= 0.3 is 0 Å². The van der Waals surface area contributed by atoms with Crippen molar-refractivity contribution >= 4 is 11.8 Å². The maximum absolute atomic E-state index is 4.23. The highest BCUT2D eigenvalue weighted by molar-refractivity contribution is 7.99. The zero-order chi connectivity index (χ0) is 15.1. The van der Waals surface area contributed by atoms with E-state index in [1.165, 1.54) is 16.0 Å². The number of nitrogens with zero attached hydrogens (tertiary/aromatic N) is 2. The molecule has 0 spiro atoms. The van der Waals surface area contributed by atoms with Crippen molar-refractivity contribution in [1.82, 2.24) is 15.1 Å². The van der Waals surface area contributed by atoms with E-state index in [0.29, 0.717) is 6.04 Å². The van der Waals surface area contributed by atoms with E-state index in [-0.39, 0.29) is 0 Å². The summed E-state index contributed by atoms with van der Waals surface area (Å²) in [6.45, 7) is 5.32. The maximum atomic E-state index is 4.23. The Balaban J connectivity index is 1.82. The lowest BCUT2D eigenvalue weighted by molar-refractivity contribution is 0.537. The van der Waals surface area contributed by atoms with Crippen LogP contribution in [0.4, 0.5) is 0 Å². The fourth-order valence-corrected chi connectivity index (χ4v) is 3.31. The Kier molecular flexibility index (Phi) is 6.33. The Morgan fingerprint density at radius 3 is 2.67 bits per heavy atom. The Morgan fingerprint density at radius 2 is 2.05 bits per heavy atom. The average molecular weight is 303 g/mol. The lowest BCUT2D eigenvalue weighted by Gasteiger charge is -2.17. The van der Waals surface area contributed by atoms with Gasteiger partial charge in [0, 0.05) is 29.9 Å². The first kappa shape index (κ1) is 16.1. The van der Waals surface area contributed by atoms with Crippen molar-refractivity contribution in [2.24, 2.45) is 7.05 Å². The molecule has 1 N–H and O–H groups in total. The Morgan fingerprint density at radius 1 is 1.29 bits per heavy atom. The number of thioether (sulfide) groups is 1. The molecule has 0 bridgehead atoms. The predicted octanol–water partition coefficient (Wildman–Crippen LogP) is 3.43. The minimum absolute atomic E-state index is 0.543. The number of hydrogen-bond donors (Lipinski definition) is 1. The summed E-state index contributed by atoms with van der Waals surface area (Å²) < 4.78 is 1.87. The molecule has 1 atom stereocenters. The van der Waals surface area contributed by atoms with Crippen molar-refractivity contribution in [3.63, 3.8) is 0 Å². The smallest absolute Gasteiger partial charge is 0.0521 e. The van der Waals surface area contributed by atoms with Gasteiger partial charge in [-0.1, -0.05) is 24.6 Å². The molecule has 0 aliphatic carbocycles. The van der Waals surface area contributed by atoms with E-state index in [1.54, 1.807) is 0 Å². The fraction of sp³-hybridized carbons (Fsp3) is 0.471. The van der Waals surface area contributed by atoms with Crippen molar-refractivity contribution in [1.29, 1.82) is 0 Å². The highest BCUT2D eigenvalue weighted by Gasteiger charge is 2.09. The van der Waals surface area contributed by atoms with E-state index >= 15 is 0 Å². The highest BCUT2D eigenvalue weighted by atomic mass is 32.2. The summed E-state index contributed by atoms with van der Waals surface area (Å²) in [5.41, 5.74) is 2.64. The van der Waals surface area contributed by atoms with E-state index in [2.05, 4.69) is 54.7 Å². The summed E-state index contributed by atoms with van der Waals surface area (Å²) in [6, 6.07) is 9.33. The van der Waals surface area contributed by atoms with Crippen LogP contribution in [0.2, 0.25) is 0 Å². The number of hydrogen-bond acceptors (Lipinski definition) is 3. The van der Waals surface area contributed by atoms with Crippen LogP contribution in [0.5, 0.6) is 0 Å². The highest BCUT2D eigenvalue weighted by Crippen LogP contribution is 2.20. The molecule has 2 rings (SSSR count). The van der Waals surface area contributed by atoms with Gasteiger partial charge in [0.15, 0.2) is 0 Å². The molecule has 0 saturated carbocycles. The lowest BCUT2D eigenvalue weighted by Crippen LogP contribution is -2.31. The van der Waals surface area contributed by atoms with Crippen molar-refractivity contribution in [2.75, 3.05) is 12.3 Å². The summed E-state index contributed by atoms with van der Waals surface area (Å²) >= 11 is 1.93. The van der Waals surface area contributed by atoms with Crippen LogP contribution in [0.25, 0.3) is 0 Å². The van der Waals surface area contributed by atoms with Gasteiger partial charge in [0.25, 0.3) is 0 Å². The molecule has 0 saturated heterocycles. The van der Waals surface area contributed by atoms with Crippen LogP contribution in [-0.4, -0.2) is 28.1 Å². The van der Waals surface area contributed by atoms with Crippen molar-refractivity contribution in [3.05, 3.63) is 47.8 Å². The molecule has 4 heteroatoms. The quantitative estimate of drug-likeness (QED) is 0.758. The first-order valence-electron chi connectivity index (χ1n) is 7.57. The molecule has 1 heterocycles. The van der Waals surface area contributed by atoms with Gasteiger partial charge in [0.2, 0.25) is 0 Å². The normalized spacial score (nSPS) is 12.5. The molecular formula is C17H25N3S. The zero-order valence-electron chi connectivity index (χ0n) is 13.2. The summed E-state index contributed by atoms with van der Waals surface area (Å²) in [5, 5.41) is 7.83. The third-order valence-electron chi connectivity index (χ3n) is 3.50. The Hall–Kier alpha value is -1.26. The molecule has 1 aromatic carbocycles. The van der Waals surface area contributed by atoms with Gasteiger partial charge in [-0.2, -0.15) is 5.10 Å². The van der Waals surface area contributed by atoms with Crippen molar-refractivity contribution in [3.8, 4) is 0 Å². The predicted molar refractivity (Wildman–Crippen MR) is 90.9 cm³/mol. The first-order chi connectivity index (χ1) is 10.2. The van der Waals surface area contributed by atoms with Crippen molar-refractivity contribution in [2.45, 2.75) is 37.6 Å². The monoisotopic (exact) mass is 303 g/mol. The summed E-state index contributed by atoms with van der Waals surface area (Å²) in [7, 11) is 1.97. The third kappa shape index (κ3) is 5.56. The molecule has 0 fully saturated rings. The molecule has 0 amide bonds. The minimum Gasteiger partial charge on any atom is -0.313 e. The van der Waals surface area contributed by atoms with E-state index < -0.39 is 0 Å². The number of aryl methyl sites for hydroxylation is 3. The van der Waals surface area contributed by atoms with E-state index in [4.69, 9.17) is 0 Å². The van der Waals surface area contributed by atoms with E-state index in [0.717, 1.165) is 25.1 Å². The molecule has 0 radical (unpaired) electrons. The summed E-state index contributed by atoms with van der Waals surface area (Å²) in [5.74, 6) is 1.11. The van der Waals surface area contributed by atoms with E-state index in [1.807, 2.05) is 29.7 Å². The molecule has 0 aliphatic rings. The average Bonchev–Trinajstić information content (AvgIpc) is 2.89. The Bertz CT molecular complexity index is 533. The number of aromatic nitrogens is 2. The number of rotatable bonds is 8. The molecule has 0 aliphatic heterocycles. The van der Waals surface area contributed by atoms with Gasteiger partial charge in [0.05, 0.1) is 6.20 Å². The van der Waals surface area contributed by atoms with Gasteiger partial charge in [-0.05, 0) is 44.0 Å². The lowest BCUT2D eigenvalue weighted by atomic mass is 10.1. The molecule has 3 nitrogen and oxygen atoms in total. The van der Waals surface area contributed by atoms with Crippen LogP contribution in [0, 0.1) is 6.92 Å². The molecular weight excluding hydrogens is 278 g/mol. The summed E-state index contributed by atoms with van der Waals surface area (Å²) in [4.78, 5) is 1.35. The molecule has 114 valence electrons. The first-order valence-corrected chi connectivity index (χ1v) is 8.56. The van der Waals surface area contributed by atoms with Gasteiger partial charge in [-0.15, -0.1) is 11.8 Å². The molecule has 1 aromatic heterocycles.